The highest BCUT2D eigenvalue weighted by Gasteiger charge is 2.69. The Morgan fingerprint density at radius 3 is 2.66 bits per heavy atom. The minimum Gasteiger partial charge on any atom is -0.481 e. The van der Waals surface area contributed by atoms with Gasteiger partial charge in [0.2, 0.25) is 0 Å². The number of likely N-dealkylation sites (tertiary alicyclic amines) is 1. The van der Waals surface area contributed by atoms with E-state index >= 15 is 0 Å². The lowest BCUT2D eigenvalue weighted by atomic mass is 9.54. The molecule has 38 heavy (non-hydrogen) atoms. The van der Waals surface area contributed by atoms with E-state index in [9.17, 15) is 24.6 Å². The lowest BCUT2D eigenvalue weighted by Crippen LogP contribution is -2.71. The van der Waals surface area contributed by atoms with Crippen molar-refractivity contribution >= 4 is 17.9 Å². The Bertz CT molecular complexity index is 1170. The Morgan fingerprint density at radius 1 is 1.29 bits per heavy atom. The smallest absolute Gasteiger partial charge is 0.352 e. The van der Waals surface area contributed by atoms with Gasteiger partial charge in [0.1, 0.15) is 17.6 Å². The molecule has 0 bridgehead atoms. The molecule has 208 valence electrons. The van der Waals surface area contributed by atoms with Crippen molar-refractivity contribution in [3.05, 3.63) is 40.7 Å². The number of aliphatic hydroxyl groups is 2. The molecule has 1 spiro atoms. The first-order valence-corrected chi connectivity index (χ1v) is 12.8. The van der Waals surface area contributed by atoms with Crippen LogP contribution in [0.2, 0.25) is 0 Å². The number of aryl methyl sites for hydroxylation is 1. The Hall–Kier alpha value is -2.99. The molecule has 1 aromatic rings. The molecule has 5 N–H and O–H groups in total. The summed E-state index contributed by atoms with van der Waals surface area (Å²) in [4.78, 5) is 38.1. The number of carboxylic acid groups (broad SMARTS) is 1. The summed E-state index contributed by atoms with van der Waals surface area (Å²) in [5, 5.41) is 31.1. The molecule has 1 aromatic carbocycles. The molecule has 0 amide bonds. The molecule has 0 radical (unpaired) electrons. The van der Waals surface area contributed by atoms with Gasteiger partial charge >= 0.3 is 17.9 Å². The van der Waals surface area contributed by atoms with E-state index < -0.39 is 47.2 Å². The van der Waals surface area contributed by atoms with Gasteiger partial charge in [-0.05, 0) is 58.8 Å². The molecule has 2 aliphatic heterocycles. The van der Waals surface area contributed by atoms with Crippen molar-refractivity contribution in [1.82, 2.24) is 4.90 Å². The highest BCUT2D eigenvalue weighted by atomic mass is 16.6. The number of benzene rings is 1. The maximum Gasteiger partial charge on any atom is 0.352 e. The normalized spacial score (nSPS) is 29.6. The van der Waals surface area contributed by atoms with E-state index in [-0.39, 0.29) is 37.7 Å². The Morgan fingerprint density at radius 2 is 2.00 bits per heavy atom. The summed E-state index contributed by atoms with van der Waals surface area (Å²) in [6.07, 6.45) is -0.240. The van der Waals surface area contributed by atoms with Gasteiger partial charge in [0.05, 0.1) is 17.6 Å². The summed E-state index contributed by atoms with van der Waals surface area (Å²) in [5.41, 5.74) is 5.79. The molecule has 11 heteroatoms. The first-order valence-electron chi connectivity index (χ1n) is 12.8. The molecular weight excluding hydrogens is 496 g/mol. The molecule has 1 aliphatic carbocycles. The maximum atomic E-state index is 13.0. The van der Waals surface area contributed by atoms with E-state index in [1.165, 1.54) is 6.92 Å². The van der Waals surface area contributed by atoms with Crippen LogP contribution in [0.4, 0.5) is 0 Å². The van der Waals surface area contributed by atoms with Crippen molar-refractivity contribution in [2.45, 2.75) is 88.4 Å². The van der Waals surface area contributed by atoms with Gasteiger partial charge < -0.3 is 40.2 Å². The lowest BCUT2D eigenvalue weighted by molar-refractivity contribution is -0.172. The molecule has 1 fully saturated rings. The van der Waals surface area contributed by atoms with Crippen LogP contribution < -0.4 is 10.5 Å². The third-order valence-electron chi connectivity index (χ3n) is 8.42. The second kappa shape index (κ2) is 10.3. The molecule has 0 unspecified atom stereocenters. The molecular formula is C27H36N2O9. The van der Waals surface area contributed by atoms with Crippen molar-refractivity contribution in [3.8, 4) is 5.75 Å². The predicted molar refractivity (Wildman–Crippen MR) is 134 cm³/mol. The van der Waals surface area contributed by atoms with Crippen LogP contribution in [0.15, 0.2) is 24.0 Å². The number of rotatable bonds is 8. The van der Waals surface area contributed by atoms with Gasteiger partial charge in [0.15, 0.2) is 12.2 Å². The van der Waals surface area contributed by atoms with Crippen LogP contribution in [0.1, 0.15) is 56.2 Å². The maximum absolute atomic E-state index is 13.0. The Balaban J connectivity index is 1.63. The van der Waals surface area contributed by atoms with Crippen molar-refractivity contribution in [1.29, 1.82) is 0 Å². The van der Waals surface area contributed by atoms with E-state index in [1.807, 2.05) is 27.0 Å². The summed E-state index contributed by atoms with van der Waals surface area (Å²) in [6, 6.07) is 2.24. The quantitative estimate of drug-likeness (QED) is 0.351. The number of carbonyl (C=O) groups is 3. The molecule has 3 aliphatic rings. The van der Waals surface area contributed by atoms with Gasteiger partial charge in [-0.3, -0.25) is 9.59 Å². The van der Waals surface area contributed by atoms with E-state index in [4.69, 9.17) is 25.1 Å². The van der Waals surface area contributed by atoms with Gasteiger partial charge in [0, 0.05) is 30.0 Å². The van der Waals surface area contributed by atoms with Crippen molar-refractivity contribution in [2.75, 3.05) is 13.6 Å². The number of carbonyl (C=O) groups excluding carboxylic acids is 2. The number of esters is 2. The van der Waals surface area contributed by atoms with Crippen LogP contribution in [0.3, 0.4) is 0 Å². The molecule has 0 aromatic heterocycles. The van der Waals surface area contributed by atoms with Crippen molar-refractivity contribution in [3.63, 3.8) is 0 Å². The molecule has 1 saturated heterocycles. The number of aliphatic hydroxyl groups excluding tert-OH is 1. The molecule has 0 saturated carbocycles. The average molecular weight is 533 g/mol. The summed E-state index contributed by atoms with van der Waals surface area (Å²) >= 11 is 0. The molecule has 11 nitrogen and oxygen atoms in total. The van der Waals surface area contributed by atoms with Gasteiger partial charge in [-0.15, -0.1) is 0 Å². The zero-order valence-electron chi connectivity index (χ0n) is 22.1. The topological polar surface area (TPSA) is 169 Å². The fraction of sp³-hybridized carbons (Fsp3) is 0.593. The minimum absolute atomic E-state index is 0.129. The fourth-order valence-corrected chi connectivity index (χ4v) is 6.10. The Labute approximate surface area is 221 Å². The van der Waals surface area contributed by atoms with Crippen molar-refractivity contribution < 1.29 is 43.9 Å². The monoisotopic (exact) mass is 532 g/mol. The first-order chi connectivity index (χ1) is 17.9. The van der Waals surface area contributed by atoms with E-state index in [0.29, 0.717) is 24.3 Å². The number of fused-ring (bicyclic) bond motifs is 1. The zero-order chi connectivity index (χ0) is 28.0. The number of carboxylic acids is 1. The van der Waals surface area contributed by atoms with E-state index in [2.05, 4.69) is 4.90 Å². The van der Waals surface area contributed by atoms with Crippen LogP contribution in [-0.2, 0) is 35.9 Å². The number of ether oxygens (including phenoxy) is 3. The summed E-state index contributed by atoms with van der Waals surface area (Å²) < 4.78 is 17.3. The number of likely N-dealkylation sites (N-methyl/N-ethyl adjacent to an activating group) is 1. The van der Waals surface area contributed by atoms with Crippen LogP contribution in [-0.4, -0.2) is 81.6 Å². The second-order valence-electron chi connectivity index (χ2n) is 10.6. The van der Waals surface area contributed by atoms with Crippen LogP contribution in [0, 0.1) is 6.92 Å². The standard InChI is InChI=1S/C27H36N2O9/c1-14-5-6-17(13-30)22-21(14)26-11-12-29(4)16(3)27(26,35)10-9-19(23(26)38-22)37-24(33)15(2)36-25(34)18(28)7-8-20(31)32/h5-6,9,15-16,18,23,30,35H,7-8,10-13,28H2,1-4H3,(H,31,32)/t15-,16+,18-,23-,26-,27+/m0/s1. The number of piperidine rings is 1. The third kappa shape index (κ3) is 4.37. The van der Waals surface area contributed by atoms with Gasteiger partial charge in [-0.25, -0.2) is 4.79 Å². The highest BCUT2D eigenvalue weighted by molar-refractivity contribution is 5.82. The van der Waals surface area contributed by atoms with E-state index in [1.54, 1.807) is 12.1 Å². The molecule has 6 atom stereocenters. The number of hydrogen-bond acceptors (Lipinski definition) is 10. The number of nitrogens with two attached hydrogens (primary N) is 1. The van der Waals surface area contributed by atoms with E-state index in [0.717, 1.165) is 11.1 Å². The van der Waals surface area contributed by atoms with Crippen LogP contribution in [0.5, 0.6) is 5.75 Å². The summed E-state index contributed by atoms with van der Waals surface area (Å²) in [6.45, 7) is 5.64. The minimum atomic E-state index is -1.31. The number of hydrogen-bond donors (Lipinski definition) is 4. The third-order valence-corrected chi connectivity index (χ3v) is 8.42. The van der Waals surface area contributed by atoms with Gasteiger partial charge in [0.25, 0.3) is 0 Å². The SMILES string of the molecule is Cc1ccc(CO)c2c1[C@]13CCN(C)[C@H](C)[C@]1(O)CC=C(OC(=O)[C@H](C)OC(=O)[C@@H](N)CCC(=O)O)[C@@H]3O2. The zero-order valence-corrected chi connectivity index (χ0v) is 22.1. The average Bonchev–Trinajstić information content (AvgIpc) is 3.24. The van der Waals surface area contributed by atoms with Gasteiger partial charge in [-0.2, -0.15) is 0 Å². The lowest BCUT2D eigenvalue weighted by Gasteiger charge is -2.58. The fourth-order valence-electron chi connectivity index (χ4n) is 6.10. The van der Waals surface area contributed by atoms with Crippen LogP contribution in [0.25, 0.3) is 0 Å². The van der Waals surface area contributed by atoms with Crippen molar-refractivity contribution in [2.24, 2.45) is 5.73 Å². The van der Waals surface area contributed by atoms with Crippen LogP contribution >= 0.6 is 0 Å². The summed E-state index contributed by atoms with van der Waals surface area (Å²) in [7, 11) is 1.95. The predicted octanol–water partition coefficient (Wildman–Crippen LogP) is 0.896. The Kier molecular flexibility index (Phi) is 7.59. The summed E-state index contributed by atoms with van der Waals surface area (Å²) in [5.74, 6) is -2.17. The largest absolute Gasteiger partial charge is 0.481 e. The van der Waals surface area contributed by atoms with Gasteiger partial charge in [-0.1, -0.05) is 12.1 Å². The highest BCUT2D eigenvalue weighted by Crippen LogP contribution is 2.61. The number of nitrogens with zero attached hydrogens (tertiary/aromatic N) is 1. The first kappa shape index (κ1) is 28.0. The molecule has 2 heterocycles. The molecule has 4 rings (SSSR count). The second-order valence-corrected chi connectivity index (χ2v) is 10.6. The number of aliphatic carboxylic acids is 1.